The molecule has 1 aromatic carbocycles. The first-order chi connectivity index (χ1) is 9.60. The van der Waals surface area contributed by atoms with Crippen LogP contribution in [0.1, 0.15) is 18.2 Å². The molecule has 0 saturated heterocycles. The molecular formula is C14H17ClN4S. The fourth-order valence-electron chi connectivity index (χ4n) is 1.80. The first kappa shape index (κ1) is 14.8. The van der Waals surface area contributed by atoms with Crippen LogP contribution in [-0.4, -0.2) is 14.9 Å². The first-order valence-electron chi connectivity index (χ1n) is 6.40. The second-order valence-electron chi connectivity index (χ2n) is 4.42. The third-order valence-electron chi connectivity index (χ3n) is 3.05. The van der Waals surface area contributed by atoms with Crippen LogP contribution in [0, 0.1) is 0 Å². The summed E-state index contributed by atoms with van der Waals surface area (Å²) in [7, 11) is 1.85. The van der Waals surface area contributed by atoms with Gasteiger partial charge in [-0.05, 0) is 36.3 Å². The Labute approximate surface area is 129 Å². The van der Waals surface area contributed by atoms with Gasteiger partial charge in [-0.15, -0.1) is 0 Å². The zero-order valence-electron chi connectivity index (χ0n) is 11.5. The van der Waals surface area contributed by atoms with Crippen molar-refractivity contribution in [3.05, 3.63) is 46.7 Å². The molecule has 2 aromatic rings. The van der Waals surface area contributed by atoms with Gasteiger partial charge in [-0.2, -0.15) is 5.10 Å². The molecule has 0 unspecified atom stereocenters. The van der Waals surface area contributed by atoms with Crippen molar-refractivity contribution in [2.75, 3.05) is 5.32 Å². The Hall–Kier alpha value is -1.59. The van der Waals surface area contributed by atoms with Gasteiger partial charge in [-0.3, -0.25) is 4.68 Å². The molecule has 0 aliphatic rings. The predicted molar refractivity (Wildman–Crippen MR) is 87.1 cm³/mol. The molecule has 0 atom stereocenters. The Morgan fingerprint density at radius 1 is 1.35 bits per heavy atom. The van der Waals surface area contributed by atoms with E-state index in [0.717, 1.165) is 17.8 Å². The molecule has 0 fully saturated rings. The number of thiocarbonyl (C=S) groups is 1. The van der Waals surface area contributed by atoms with Gasteiger partial charge in [0.25, 0.3) is 0 Å². The van der Waals surface area contributed by atoms with Gasteiger partial charge in [-0.25, -0.2) is 0 Å². The van der Waals surface area contributed by atoms with Gasteiger partial charge in [0.05, 0.1) is 23.5 Å². The summed E-state index contributed by atoms with van der Waals surface area (Å²) >= 11 is 11.3. The van der Waals surface area contributed by atoms with Gasteiger partial charge in [0.2, 0.25) is 0 Å². The number of hydrogen-bond acceptors (Lipinski definition) is 2. The Bertz CT molecular complexity index is 572. The van der Waals surface area contributed by atoms with Crippen molar-refractivity contribution in [2.45, 2.75) is 19.9 Å². The highest BCUT2D eigenvalue weighted by molar-refractivity contribution is 7.80. The standard InChI is InChI=1S/C14H17ClN4S/c1-3-10-4-6-11(7-5-10)18-14(20)16-9-13-12(15)8-17-19(13)2/h4-8H,3,9H2,1-2H3,(H2,16,18,20). The lowest BCUT2D eigenvalue weighted by Gasteiger charge is -2.11. The molecule has 106 valence electrons. The van der Waals surface area contributed by atoms with Gasteiger partial charge >= 0.3 is 0 Å². The summed E-state index contributed by atoms with van der Waals surface area (Å²) in [4.78, 5) is 0. The van der Waals surface area contributed by atoms with Crippen LogP contribution in [0.4, 0.5) is 5.69 Å². The maximum Gasteiger partial charge on any atom is 0.171 e. The van der Waals surface area contributed by atoms with Gasteiger partial charge < -0.3 is 10.6 Å². The SMILES string of the molecule is CCc1ccc(NC(=S)NCc2c(Cl)cnn2C)cc1. The molecule has 4 nitrogen and oxygen atoms in total. The minimum atomic E-state index is 0.536. The fourth-order valence-corrected chi connectivity index (χ4v) is 2.22. The van der Waals surface area contributed by atoms with Crippen molar-refractivity contribution in [1.29, 1.82) is 0 Å². The van der Waals surface area contributed by atoms with Gasteiger partial charge in [-0.1, -0.05) is 30.7 Å². The van der Waals surface area contributed by atoms with Gasteiger partial charge in [0.15, 0.2) is 5.11 Å². The zero-order valence-corrected chi connectivity index (χ0v) is 13.1. The number of benzene rings is 1. The smallest absolute Gasteiger partial charge is 0.171 e. The van der Waals surface area contributed by atoms with E-state index in [1.165, 1.54) is 5.56 Å². The van der Waals surface area contributed by atoms with E-state index >= 15 is 0 Å². The van der Waals surface area contributed by atoms with Crippen LogP contribution in [0.15, 0.2) is 30.5 Å². The second-order valence-corrected chi connectivity index (χ2v) is 5.24. The summed E-state index contributed by atoms with van der Waals surface area (Å²) < 4.78 is 1.73. The molecule has 0 radical (unpaired) electrons. The summed E-state index contributed by atoms with van der Waals surface area (Å²) in [5.74, 6) is 0. The van der Waals surface area contributed by atoms with Gasteiger partial charge in [0.1, 0.15) is 0 Å². The second kappa shape index (κ2) is 6.72. The van der Waals surface area contributed by atoms with E-state index in [0.29, 0.717) is 16.7 Å². The van der Waals surface area contributed by atoms with E-state index in [4.69, 9.17) is 23.8 Å². The Balaban J connectivity index is 1.89. The van der Waals surface area contributed by atoms with Crippen LogP contribution in [0.5, 0.6) is 0 Å². The minimum Gasteiger partial charge on any atom is -0.357 e. The van der Waals surface area contributed by atoms with Crippen molar-refractivity contribution in [1.82, 2.24) is 15.1 Å². The maximum atomic E-state index is 6.04. The lowest BCUT2D eigenvalue weighted by molar-refractivity contribution is 0.695. The monoisotopic (exact) mass is 308 g/mol. The zero-order chi connectivity index (χ0) is 14.5. The largest absolute Gasteiger partial charge is 0.357 e. The normalized spacial score (nSPS) is 10.3. The molecule has 1 heterocycles. The van der Waals surface area contributed by atoms with Crippen LogP contribution in [-0.2, 0) is 20.0 Å². The Kier molecular flexibility index (Phi) is 4.98. The molecule has 0 spiro atoms. The average molecular weight is 309 g/mol. The summed E-state index contributed by atoms with van der Waals surface area (Å²) in [6.07, 6.45) is 2.65. The van der Waals surface area contributed by atoms with Crippen molar-refractivity contribution < 1.29 is 0 Å². The molecule has 0 aliphatic carbocycles. The number of anilines is 1. The first-order valence-corrected chi connectivity index (χ1v) is 7.19. The number of hydrogen-bond donors (Lipinski definition) is 2. The quantitative estimate of drug-likeness (QED) is 0.852. The molecule has 0 saturated carbocycles. The number of aromatic nitrogens is 2. The summed E-state index contributed by atoms with van der Waals surface area (Å²) in [6, 6.07) is 8.21. The number of nitrogens with zero attached hydrogens (tertiary/aromatic N) is 2. The minimum absolute atomic E-state index is 0.536. The Morgan fingerprint density at radius 3 is 2.60 bits per heavy atom. The fraction of sp³-hybridized carbons (Fsp3) is 0.286. The molecule has 2 rings (SSSR count). The van der Waals surface area contributed by atoms with Crippen LogP contribution in [0.25, 0.3) is 0 Å². The number of halogens is 1. The van der Waals surface area contributed by atoms with E-state index in [9.17, 15) is 0 Å². The molecule has 20 heavy (non-hydrogen) atoms. The topological polar surface area (TPSA) is 41.9 Å². The maximum absolute atomic E-state index is 6.04. The van der Waals surface area contributed by atoms with E-state index in [2.05, 4.69) is 34.8 Å². The molecule has 1 aromatic heterocycles. The molecule has 2 N–H and O–H groups in total. The van der Waals surface area contributed by atoms with E-state index in [1.807, 2.05) is 19.2 Å². The van der Waals surface area contributed by atoms with E-state index in [-0.39, 0.29) is 0 Å². The van der Waals surface area contributed by atoms with Crippen molar-refractivity contribution in [2.24, 2.45) is 7.05 Å². The summed E-state index contributed by atoms with van der Waals surface area (Å²) in [5.41, 5.74) is 3.17. The average Bonchev–Trinajstić information content (AvgIpc) is 2.77. The van der Waals surface area contributed by atoms with Crippen LogP contribution in [0.3, 0.4) is 0 Å². The lowest BCUT2D eigenvalue weighted by atomic mass is 10.1. The third kappa shape index (κ3) is 3.71. The molecule has 0 bridgehead atoms. The lowest BCUT2D eigenvalue weighted by Crippen LogP contribution is -2.28. The van der Waals surface area contributed by atoms with Crippen LogP contribution in [0.2, 0.25) is 5.02 Å². The van der Waals surface area contributed by atoms with Crippen LogP contribution >= 0.6 is 23.8 Å². The molecular weight excluding hydrogens is 292 g/mol. The highest BCUT2D eigenvalue weighted by Crippen LogP contribution is 2.14. The van der Waals surface area contributed by atoms with E-state index < -0.39 is 0 Å². The number of aryl methyl sites for hydroxylation is 2. The van der Waals surface area contributed by atoms with E-state index in [1.54, 1.807) is 10.9 Å². The predicted octanol–water partition coefficient (Wildman–Crippen LogP) is 3.12. The highest BCUT2D eigenvalue weighted by atomic mass is 35.5. The van der Waals surface area contributed by atoms with Crippen LogP contribution < -0.4 is 10.6 Å². The number of nitrogens with one attached hydrogen (secondary N) is 2. The van der Waals surface area contributed by atoms with Crippen molar-refractivity contribution in [3.63, 3.8) is 0 Å². The highest BCUT2D eigenvalue weighted by Gasteiger charge is 2.06. The molecule has 0 aliphatic heterocycles. The summed E-state index contributed by atoms with van der Waals surface area (Å²) in [5, 5.41) is 11.5. The molecule has 0 amide bonds. The van der Waals surface area contributed by atoms with Crippen molar-refractivity contribution in [3.8, 4) is 0 Å². The summed E-state index contributed by atoms with van der Waals surface area (Å²) in [6.45, 7) is 2.67. The third-order valence-corrected chi connectivity index (χ3v) is 3.61. The number of rotatable bonds is 4. The van der Waals surface area contributed by atoms with Crippen molar-refractivity contribution >= 4 is 34.6 Å². The Morgan fingerprint density at radius 2 is 2.05 bits per heavy atom. The molecule has 6 heteroatoms. The van der Waals surface area contributed by atoms with Gasteiger partial charge in [0, 0.05) is 12.7 Å².